The molecular formula is C62H70N8O6. The van der Waals surface area contributed by atoms with Gasteiger partial charge in [-0.1, -0.05) is 114 Å². The Kier molecular flexibility index (Phi) is 18.8. The van der Waals surface area contributed by atoms with E-state index in [-0.39, 0.29) is 12.8 Å². The van der Waals surface area contributed by atoms with Gasteiger partial charge in [0.1, 0.15) is 11.5 Å². The van der Waals surface area contributed by atoms with Crippen molar-refractivity contribution in [2.45, 2.75) is 128 Å². The number of benzene rings is 2. The highest BCUT2D eigenvalue weighted by Gasteiger charge is 2.20. The first-order valence-corrected chi connectivity index (χ1v) is 27.4. The third kappa shape index (κ3) is 14.2. The van der Waals surface area contributed by atoms with E-state index in [9.17, 15) is 9.59 Å². The topological polar surface area (TPSA) is 208 Å². The van der Waals surface area contributed by atoms with Crippen LogP contribution in [0.5, 0.6) is 11.5 Å². The van der Waals surface area contributed by atoms with Gasteiger partial charge in [0.05, 0.1) is 82.2 Å². The van der Waals surface area contributed by atoms with Crippen molar-refractivity contribution in [1.29, 1.82) is 0 Å². The van der Waals surface area contributed by atoms with Crippen molar-refractivity contribution in [3.63, 3.8) is 0 Å². The standard InChI is InChI=1S/C62H70N8O6/c71-57(72)19-15-11-7-3-1-5-9-13-17-37-75-45-25-21-43(22-26-45)59-47-29-33-51(67-47)61(55-39-63-41-65-55)53-35-31-49(69-53)60(50-32-36-54(70-50)62(56-40-64-42-66-56)52-34-30-48(59)68-52)44-23-27-46(28-24-44)76-38-18-14-10-6-2-4-8-12-16-20-58(73)74/h21-36,39-42,67,70H,1-20,37-38H2,(H,63,65)(H,64,66)(H,71,72)(H,73,74). The number of carbonyl (C=O) groups is 2. The predicted octanol–water partition coefficient (Wildman–Crippen LogP) is 15.5. The Morgan fingerprint density at radius 2 is 0.711 bits per heavy atom. The molecule has 0 radical (unpaired) electrons. The summed E-state index contributed by atoms with van der Waals surface area (Å²) in [6, 6.07) is 24.9. The number of aliphatic carboxylic acids is 2. The van der Waals surface area contributed by atoms with E-state index < -0.39 is 11.9 Å². The monoisotopic (exact) mass is 1020 g/mol. The summed E-state index contributed by atoms with van der Waals surface area (Å²) in [6.45, 7) is 1.30. The number of hydrogen-bond donors (Lipinski definition) is 6. The van der Waals surface area contributed by atoms with Crippen LogP contribution in [0.3, 0.4) is 0 Å². The quantitative estimate of drug-likeness (QED) is 0.0235. The number of unbranched alkanes of at least 4 members (excludes halogenated alkanes) is 16. The fourth-order valence-corrected chi connectivity index (χ4v) is 10.2. The molecule has 0 fully saturated rings. The van der Waals surface area contributed by atoms with Gasteiger partial charge in [-0.3, -0.25) is 9.59 Å². The second-order valence-electron chi connectivity index (χ2n) is 19.8. The summed E-state index contributed by atoms with van der Waals surface area (Å²) in [5, 5.41) is 17.7. The van der Waals surface area contributed by atoms with E-state index in [1.807, 2.05) is 36.7 Å². The lowest BCUT2D eigenvalue weighted by Crippen LogP contribution is -1.97. The van der Waals surface area contributed by atoms with Crippen LogP contribution in [0.4, 0.5) is 0 Å². The van der Waals surface area contributed by atoms with Crippen LogP contribution in [0.15, 0.2) is 97.8 Å². The fourth-order valence-electron chi connectivity index (χ4n) is 10.2. The van der Waals surface area contributed by atoms with Crippen molar-refractivity contribution >= 4 is 58.3 Å². The van der Waals surface area contributed by atoms with Gasteiger partial charge in [-0.25, -0.2) is 19.9 Å². The lowest BCUT2D eigenvalue weighted by molar-refractivity contribution is -0.138. The Bertz CT molecular complexity index is 3010. The summed E-state index contributed by atoms with van der Waals surface area (Å²) in [5.41, 5.74) is 13.7. The number of rotatable bonds is 30. The molecule has 394 valence electrons. The molecule has 7 heterocycles. The first kappa shape index (κ1) is 52.8. The van der Waals surface area contributed by atoms with Crippen LogP contribution in [-0.4, -0.2) is 75.2 Å². The van der Waals surface area contributed by atoms with Crippen LogP contribution < -0.4 is 9.47 Å². The molecule has 2 aliphatic rings. The maximum Gasteiger partial charge on any atom is 0.303 e. The highest BCUT2D eigenvalue weighted by atomic mass is 16.5. The molecule has 0 aliphatic carbocycles. The zero-order chi connectivity index (χ0) is 52.3. The Morgan fingerprint density at radius 1 is 0.395 bits per heavy atom. The van der Waals surface area contributed by atoms with Crippen molar-refractivity contribution in [3.05, 3.63) is 121 Å². The van der Waals surface area contributed by atoms with Gasteiger partial charge in [0, 0.05) is 47.4 Å². The smallest absolute Gasteiger partial charge is 0.303 e. The van der Waals surface area contributed by atoms with Crippen LogP contribution in [0.2, 0.25) is 0 Å². The van der Waals surface area contributed by atoms with Crippen LogP contribution in [0.1, 0.15) is 151 Å². The fraction of sp³-hybridized carbons (Fsp3) is 0.355. The first-order valence-electron chi connectivity index (χ1n) is 27.4. The molecule has 0 amide bonds. The number of imidazole rings is 2. The maximum absolute atomic E-state index is 10.7. The Morgan fingerprint density at radius 3 is 1.04 bits per heavy atom. The number of carboxylic acid groups (broad SMARTS) is 2. The summed E-state index contributed by atoms with van der Waals surface area (Å²) in [5.74, 6) is 0.233. The highest BCUT2D eigenvalue weighted by Crippen LogP contribution is 2.38. The molecule has 2 aromatic carbocycles. The number of hydrogen-bond acceptors (Lipinski definition) is 8. The van der Waals surface area contributed by atoms with Gasteiger partial charge in [0.2, 0.25) is 0 Å². The van der Waals surface area contributed by atoms with Crippen molar-refractivity contribution in [3.8, 4) is 56.3 Å². The molecule has 76 heavy (non-hydrogen) atoms. The third-order valence-electron chi connectivity index (χ3n) is 14.2. The van der Waals surface area contributed by atoms with Gasteiger partial charge in [0.25, 0.3) is 0 Å². The summed E-state index contributed by atoms with van der Waals surface area (Å²) in [4.78, 5) is 55.6. The molecule has 6 N–H and O–H groups in total. The minimum Gasteiger partial charge on any atom is -0.494 e. The minimum atomic E-state index is -0.704. The van der Waals surface area contributed by atoms with Gasteiger partial charge in [0.15, 0.2) is 0 Å². The number of nitrogens with zero attached hydrogens (tertiary/aromatic N) is 4. The Hall–Kier alpha value is -8.00. The molecule has 5 aromatic heterocycles. The summed E-state index contributed by atoms with van der Waals surface area (Å²) >= 11 is 0. The second-order valence-corrected chi connectivity index (χ2v) is 19.8. The largest absolute Gasteiger partial charge is 0.494 e. The molecule has 2 aliphatic heterocycles. The molecule has 0 spiro atoms. The summed E-state index contributed by atoms with van der Waals surface area (Å²) in [6.07, 6.45) is 35.4. The van der Waals surface area contributed by atoms with Crippen LogP contribution >= 0.6 is 0 Å². The molecule has 8 bridgehead atoms. The second kappa shape index (κ2) is 27.0. The Labute approximate surface area is 444 Å². The van der Waals surface area contributed by atoms with E-state index in [0.29, 0.717) is 13.2 Å². The van der Waals surface area contributed by atoms with Crippen molar-refractivity contribution < 1.29 is 29.3 Å². The van der Waals surface area contributed by atoms with E-state index in [2.05, 4.69) is 92.8 Å². The number of ether oxygens (including phenoxy) is 2. The van der Waals surface area contributed by atoms with Crippen LogP contribution in [0, 0.1) is 0 Å². The van der Waals surface area contributed by atoms with E-state index in [1.165, 1.54) is 51.4 Å². The maximum atomic E-state index is 10.7. The van der Waals surface area contributed by atoms with Crippen molar-refractivity contribution in [2.75, 3.05) is 13.2 Å². The number of aromatic nitrogens is 8. The number of carboxylic acids is 2. The van der Waals surface area contributed by atoms with E-state index in [4.69, 9.17) is 39.6 Å². The Balaban J connectivity index is 0.977. The molecule has 7 aromatic rings. The van der Waals surface area contributed by atoms with Gasteiger partial charge in [-0.2, -0.15) is 0 Å². The van der Waals surface area contributed by atoms with Crippen molar-refractivity contribution in [2.24, 2.45) is 0 Å². The third-order valence-corrected chi connectivity index (χ3v) is 14.2. The molecule has 0 saturated carbocycles. The number of aromatic amines is 4. The molecule has 9 rings (SSSR count). The number of fused-ring (bicyclic) bond motifs is 8. The SMILES string of the molecule is O=C(O)CCCCCCCCCCCOc1ccc(-c2c3nc(c(-c4c[nH]cn4)c4ccc([nH]4)c(-c4ccc(OCCCCCCCCCCCC(=O)O)cc4)c4nc(c(-c5c[nH]cn5)c5ccc2[nH]5)C=C4)C=C3)cc1. The number of nitrogens with one attached hydrogen (secondary N) is 4. The highest BCUT2D eigenvalue weighted by molar-refractivity contribution is 5.99. The first-order chi connectivity index (χ1) is 37.4. The molecule has 0 saturated heterocycles. The normalized spacial score (nSPS) is 11.9. The van der Waals surface area contributed by atoms with E-state index >= 15 is 0 Å². The zero-order valence-corrected chi connectivity index (χ0v) is 43.4. The van der Waals surface area contributed by atoms with Crippen molar-refractivity contribution in [1.82, 2.24) is 39.9 Å². The lowest BCUT2D eigenvalue weighted by atomic mass is 10.0. The van der Waals surface area contributed by atoms with Gasteiger partial charge < -0.3 is 39.6 Å². The lowest BCUT2D eigenvalue weighted by Gasteiger charge is -2.09. The summed E-state index contributed by atoms with van der Waals surface area (Å²) < 4.78 is 12.5. The molecule has 14 heteroatoms. The van der Waals surface area contributed by atoms with Gasteiger partial charge >= 0.3 is 11.9 Å². The predicted molar refractivity (Wildman–Crippen MR) is 303 cm³/mol. The average molecular weight is 1020 g/mol. The van der Waals surface area contributed by atoms with Crippen LogP contribution in [-0.2, 0) is 9.59 Å². The van der Waals surface area contributed by atoms with Gasteiger partial charge in [-0.15, -0.1) is 0 Å². The minimum absolute atomic E-state index is 0.273. The van der Waals surface area contributed by atoms with E-state index in [0.717, 1.165) is 165 Å². The number of H-pyrrole nitrogens is 4. The van der Waals surface area contributed by atoms with Crippen LogP contribution in [0.25, 0.3) is 91.1 Å². The molecule has 14 nitrogen and oxygen atoms in total. The summed E-state index contributed by atoms with van der Waals surface area (Å²) in [7, 11) is 0. The average Bonchev–Trinajstić information content (AvgIpc) is 4.30. The molecular weight excluding hydrogens is 953 g/mol. The van der Waals surface area contributed by atoms with E-state index in [1.54, 1.807) is 12.7 Å². The van der Waals surface area contributed by atoms with Gasteiger partial charge in [-0.05, 0) is 110 Å². The molecule has 0 unspecified atom stereocenters. The zero-order valence-electron chi connectivity index (χ0n) is 43.4. The molecule has 0 atom stereocenters.